The predicted molar refractivity (Wildman–Crippen MR) is 78.7 cm³/mol. The van der Waals surface area contributed by atoms with E-state index < -0.39 is 5.97 Å². The van der Waals surface area contributed by atoms with Gasteiger partial charge in [0.1, 0.15) is 6.54 Å². The van der Waals surface area contributed by atoms with Crippen LogP contribution >= 0.6 is 23.5 Å². The van der Waals surface area contributed by atoms with Crippen molar-refractivity contribution in [3.05, 3.63) is 35.4 Å². The lowest BCUT2D eigenvalue weighted by molar-refractivity contribution is -0.135. The van der Waals surface area contributed by atoms with Gasteiger partial charge in [0.25, 0.3) is 5.91 Å². The predicted octanol–water partition coefficient (Wildman–Crippen LogP) is 2.37. The fourth-order valence-electron chi connectivity index (χ4n) is 1.73. The van der Waals surface area contributed by atoms with Crippen LogP contribution in [0.1, 0.15) is 26.9 Å². The molecule has 2 rings (SSSR count). The van der Waals surface area contributed by atoms with Crippen LogP contribution in [0.25, 0.3) is 0 Å². The van der Waals surface area contributed by atoms with Crippen molar-refractivity contribution >= 4 is 35.4 Å². The lowest BCUT2D eigenvalue weighted by Gasteiger charge is -2.21. The number of carboxylic acid groups (broad SMARTS) is 1. The second kappa shape index (κ2) is 6.86. The third kappa shape index (κ3) is 4.18. The summed E-state index contributed by atoms with van der Waals surface area (Å²) in [5, 5.41) is 10.9. The third-order valence-electron chi connectivity index (χ3n) is 2.67. The van der Waals surface area contributed by atoms with Crippen molar-refractivity contribution in [3.63, 3.8) is 0 Å². The summed E-state index contributed by atoms with van der Waals surface area (Å²) in [5.74, 6) is 0.967. The van der Waals surface area contributed by atoms with Gasteiger partial charge in [0.2, 0.25) is 0 Å². The van der Waals surface area contributed by atoms with Gasteiger partial charge in [0.15, 0.2) is 0 Å². The van der Waals surface area contributed by atoms with E-state index in [1.807, 2.05) is 35.7 Å². The summed E-state index contributed by atoms with van der Waals surface area (Å²) >= 11 is 3.86. The highest BCUT2D eigenvalue weighted by molar-refractivity contribution is 8.16. The van der Waals surface area contributed by atoms with Crippen LogP contribution in [0.15, 0.2) is 24.3 Å². The monoisotopic (exact) mass is 297 g/mol. The molecule has 6 heteroatoms. The van der Waals surface area contributed by atoms with Crippen LogP contribution in [0.3, 0.4) is 0 Å². The van der Waals surface area contributed by atoms with Crippen molar-refractivity contribution in [2.75, 3.05) is 18.1 Å². The second-order valence-corrected chi connectivity index (χ2v) is 6.85. The number of carbonyl (C=O) groups excluding carboxylic acids is 1. The molecule has 0 atom stereocenters. The Labute approximate surface area is 120 Å². The average molecular weight is 297 g/mol. The van der Waals surface area contributed by atoms with Crippen LogP contribution in [0, 0.1) is 0 Å². The van der Waals surface area contributed by atoms with E-state index in [0.29, 0.717) is 10.1 Å². The summed E-state index contributed by atoms with van der Waals surface area (Å²) < 4.78 is 0.449. The lowest BCUT2D eigenvalue weighted by Crippen LogP contribution is -2.29. The molecule has 102 valence electrons. The number of hydrogen-bond donors (Lipinski definition) is 2. The number of benzene rings is 1. The first-order valence-electron chi connectivity index (χ1n) is 6.00. The Morgan fingerprint density at radius 3 is 2.42 bits per heavy atom. The van der Waals surface area contributed by atoms with Gasteiger partial charge in [0, 0.05) is 5.56 Å². The van der Waals surface area contributed by atoms with Gasteiger partial charge in [-0.3, -0.25) is 9.59 Å². The maximum atomic E-state index is 11.7. The van der Waals surface area contributed by atoms with Crippen LogP contribution in [0.2, 0.25) is 0 Å². The first-order valence-corrected chi connectivity index (χ1v) is 8.10. The van der Waals surface area contributed by atoms with Crippen LogP contribution in [-0.4, -0.2) is 35.0 Å². The van der Waals surface area contributed by atoms with Crippen LogP contribution in [-0.2, 0) is 4.79 Å². The van der Waals surface area contributed by atoms with Gasteiger partial charge in [-0.2, -0.15) is 0 Å². The highest BCUT2D eigenvalue weighted by Crippen LogP contribution is 2.43. The molecule has 0 unspecified atom stereocenters. The summed E-state index contributed by atoms with van der Waals surface area (Å²) in [4.78, 5) is 22.0. The van der Waals surface area contributed by atoms with Crippen LogP contribution < -0.4 is 5.32 Å². The Morgan fingerprint density at radius 2 is 1.84 bits per heavy atom. The van der Waals surface area contributed by atoms with E-state index >= 15 is 0 Å². The van der Waals surface area contributed by atoms with Crippen LogP contribution in [0.4, 0.5) is 0 Å². The Kier molecular flexibility index (Phi) is 5.15. The van der Waals surface area contributed by atoms with E-state index in [-0.39, 0.29) is 12.5 Å². The molecule has 1 saturated heterocycles. The first-order chi connectivity index (χ1) is 9.16. The molecular weight excluding hydrogens is 282 g/mol. The molecule has 0 saturated carbocycles. The standard InChI is InChI=1S/C13H15NO3S2/c15-11(16)8-14-12(17)9-2-4-10(5-3-9)13-18-6-1-7-19-13/h2-5,13H,1,6-8H2,(H,14,17)(H,15,16). The minimum atomic E-state index is -1.04. The number of thioether (sulfide) groups is 2. The van der Waals surface area contributed by atoms with Gasteiger partial charge in [-0.05, 0) is 35.6 Å². The number of rotatable bonds is 4. The highest BCUT2D eigenvalue weighted by Gasteiger charge is 2.16. The SMILES string of the molecule is O=C(O)CNC(=O)c1ccc(C2SCCCS2)cc1. The molecule has 0 radical (unpaired) electrons. The van der Waals surface area contributed by atoms with E-state index in [4.69, 9.17) is 5.11 Å². The van der Waals surface area contributed by atoms with Crippen molar-refractivity contribution in [1.82, 2.24) is 5.32 Å². The smallest absolute Gasteiger partial charge is 0.322 e. The normalized spacial score (nSPS) is 16.0. The highest BCUT2D eigenvalue weighted by atomic mass is 32.2. The largest absolute Gasteiger partial charge is 0.480 e. The van der Waals surface area contributed by atoms with E-state index in [1.54, 1.807) is 12.1 Å². The zero-order valence-electron chi connectivity index (χ0n) is 10.3. The molecule has 1 aromatic rings. The molecule has 0 bridgehead atoms. The van der Waals surface area contributed by atoms with Crippen molar-refractivity contribution in [2.24, 2.45) is 0 Å². The molecule has 1 fully saturated rings. The number of aliphatic carboxylic acids is 1. The second-order valence-electron chi connectivity index (χ2n) is 4.13. The Hall–Kier alpha value is -1.14. The quantitative estimate of drug-likeness (QED) is 0.893. The molecule has 1 aliphatic heterocycles. The zero-order valence-corrected chi connectivity index (χ0v) is 11.9. The molecule has 0 aliphatic carbocycles. The van der Waals surface area contributed by atoms with Gasteiger partial charge in [-0.1, -0.05) is 12.1 Å². The van der Waals surface area contributed by atoms with Crippen molar-refractivity contribution in [1.29, 1.82) is 0 Å². The van der Waals surface area contributed by atoms with Crippen molar-refractivity contribution in [2.45, 2.75) is 11.0 Å². The molecule has 1 aliphatic rings. The fraction of sp³-hybridized carbons (Fsp3) is 0.385. The summed E-state index contributed by atoms with van der Waals surface area (Å²) in [5.41, 5.74) is 1.71. The lowest BCUT2D eigenvalue weighted by atomic mass is 10.1. The number of nitrogens with one attached hydrogen (secondary N) is 1. The number of hydrogen-bond acceptors (Lipinski definition) is 4. The van der Waals surface area contributed by atoms with E-state index in [0.717, 1.165) is 0 Å². The van der Waals surface area contributed by atoms with Gasteiger partial charge in [-0.25, -0.2) is 0 Å². The minimum Gasteiger partial charge on any atom is -0.480 e. The number of amides is 1. The molecule has 1 heterocycles. The van der Waals surface area contributed by atoms with E-state index in [2.05, 4.69) is 5.32 Å². The molecule has 2 N–H and O–H groups in total. The molecule has 4 nitrogen and oxygen atoms in total. The molecule has 0 aromatic heterocycles. The minimum absolute atomic E-state index is 0.349. The Bertz CT molecular complexity index is 455. The van der Waals surface area contributed by atoms with Crippen molar-refractivity contribution in [3.8, 4) is 0 Å². The van der Waals surface area contributed by atoms with E-state index in [9.17, 15) is 9.59 Å². The molecule has 0 spiro atoms. The Balaban J connectivity index is 1.97. The van der Waals surface area contributed by atoms with Crippen molar-refractivity contribution < 1.29 is 14.7 Å². The maximum Gasteiger partial charge on any atom is 0.322 e. The van der Waals surface area contributed by atoms with Gasteiger partial charge in [-0.15, -0.1) is 23.5 Å². The number of carboxylic acids is 1. The third-order valence-corrected chi connectivity index (χ3v) is 5.69. The van der Waals surface area contributed by atoms with Gasteiger partial charge >= 0.3 is 5.97 Å². The molecular formula is C13H15NO3S2. The summed E-state index contributed by atoms with van der Waals surface area (Å²) in [6.07, 6.45) is 1.25. The average Bonchev–Trinajstić information content (AvgIpc) is 2.46. The topological polar surface area (TPSA) is 66.4 Å². The Morgan fingerprint density at radius 1 is 1.21 bits per heavy atom. The summed E-state index contributed by atoms with van der Waals surface area (Å²) in [6, 6.07) is 7.40. The first kappa shape index (κ1) is 14.3. The molecule has 19 heavy (non-hydrogen) atoms. The summed E-state index contributed by atoms with van der Waals surface area (Å²) in [6.45, 7) is -0.352. The maximum absolute atomic E-state index is 11.7. The van der Waals surface area contributed by atoms with E-state index in [1.165, 1.54) is 23.5 Å². The zero-order chi connectivity index (χ0) is 13.7. The van der Waals surface area contributed by atoms with Gasteiger partial charge < -0.3 is 10.4 Å². The summed E-state index contributed by atoms with van der Waals surface area (Å²) in [7, 11) is 0. The number of carbonyl (C=O) groups is 2. The fourth-order valence-corrected chi connectivity index (χ4v) is 4.62. The van der Waals surface area contributed by atoms with Gasteiger partial charge in [0.05, 0.1) is 4.58 Å². The van der Waals surface area contributed by atoms with Crippen LogP contribution in [0.5, 0.6) is 0 Å². The molecule has 1 amide bonds. The molecule has 1 aromatic carbocycles.